The summed E-state index contributed by atoms with van der Waals surface area (Å²) in [6, 6.07) is 0. The first-order valence-corrected chi connectivity index (χ1v) is 11.0. The van der Waals surface area contributed by atoms with Gasteiger partial charge in [0.15, 0.2) is 0 Å². The molecule has 0 aliphatic rings. The molecule has 0 spiro atoms. The Hall–Kier alpha value is -0.177. The summed E-state index contributed by atoms with van der Waals surface area (Å²) in [6.45, 7) is 4.11. The Balaban J connectivity index is -0.000000709. The second-order valence-corrected chi connectivity index (χ2v) is 7.24. The third-order valence-electron chi connectivity index (χ3n) is 4.46. The van der Waals surface area contributed by atoms with Crippen LogP contribution in [0.4, 0.5) is 0 Å². The zero-order valence-electron chi connectivity index (χ0n) is 17.9. The SMILES string of the molecule is CCCC(=O)O.CCCCCCCCCCCCCCCCCC(=O)O.[Zr]. The van der Waals surface area contributed by atoms with E-state index in [1.165, 1.54) is 83.5 Å². The van der Waals surface area contributed by atoms with Crippen molar-refractivity contribution in [2.45, 2.75) is 129 Å². The molecule has 0 rings (SSSR count). The van der Waals surface area contributed by atoms with E-state index in [9.17, 15) is 9.59 Å². The Labute approximate surface area is 187 Å². The Morgan fingerprint density at radius 1 is 0.481 bits per heavy atom. The molecule has 0 aromatic heterocycles. The molecule has 0 saturated heterocycles. The van der Waals surface area contributed by atoms with Crippen LogP contribution >= 0.6 is 0 Å². The monoisotopic (exact) mass is 462 g/mol. The molecule has 5 heteroatoms. The van der Waals surface area contributed by atoms with E-state index >= 15 is 0 Å². The van der Waals surface area contributed by atoms with Crippen molar-refractivity contribution in [3.05, 3.63) is 0 Å². The summed E-state index contributed by atoms with van der Waals surface area (Å²) in [5, 5.41) is 16.4. The van der Waals surface area contributed by atoms with Crippen molar-refractivity contribution in [3.63, 3.8) is 0 Å². The van der Waals surface area contributed by atoms with Crippen molar-refractivity contribution in [3.8, 4) is 0 Å². The first kappa shape index (κ1) is 31.5. The minimum Gasteiger partial charge on any atom is -0.481 e. The molecule has 27 heavy (non-hydrogen) atoms. The molecule has 4 nitrogen and oxygen atoms in total. The number of rotatable bonds is 18. The van der Waals surface area contributed by atoms with Gasteiger partial charge in [0.05, 0.1) is 0 Å². The Bertz CT molecular complexity index is 309. The van der Waals surface area contributed by atoms with Gasteiger partial charge >= 0.3 is 11.9 Å². The van der Waals surface area contributed by atoms with Gasteiger partial charge in [-0.1, -0.05) is 104 Å². The second kappa shape index (κ2) is 28.0. The number of carboxylic acids is 2. The smallest absolute Gasteiger partial charge is 0.303 e. The van der Waals surface area contributed by atoms with Gasteiger partial charge in [-0.25, -0.2) is 0 Å². The van der Waals surface area contributed by atoms with Crippen LogP contribution in [0.15, 0.2) is 0 Å². The molecule has 0 aromatic carbocycles. The van der Waals surface area contributed by atoms with Crippen LogP contribution in [0.25, 0.3) is 0 Å². The maximum Gasteiger partial charge on any atom is 0.303 e. The summed E-state index contributed by atoms with van der Waals surface area (Å²) in [7, 11) is 0. The van der Waals surface area contributed by atoms with Crippen LogP contribution in [0.1, 0.15) is 129 Å². The van der Waals surface area contributed by atoms with E-state index in [2.05, 4.69) is 6.92 Å². The van der Waals surface area contributed by atoms with Gasteiger partial charge in [0, 0.05) is 39.0 Å². The molecule has 0 radical (unpaired) electrons. The molecular weight excluding hydrogens is 419 g/mol. The zero-order chi connectivity index (χ0) is 19.9. The maximum atomic E-state index is 10.3. The summed E-state index contributed by atoms with van der Waals surface area (Å²) in [4.78, 5) is 19.9. The van der Waals surface area contributed by atoms with Crippen molar-refractivity contribution in [1.29, 1.82) is 0 Å². The van der Waals surface area contributed by atoms with Crippen LogP contribution in [0.2, 0.25) is 0 Å². The molecule has 0 aromatic rings. The average Bonchev–Trinajstić information content (AvgIpc) is 2.58. The van der Waals surface area contributed by atoms with Gasteiger partial charge in [0.25, 0.3) is 0 Å². The molecule has 0 fully saturated rings. The number of carboxylic acid groups (broad SMARTS) is 2. The summed E-state index contributed by atoms with van der Waals surface area (Å²) in [5.41, 5.74) is 0. The quantitative estimate of drug-likeness (QED) is 0.211. The van der Waals surface area contributed by atoms with E-state index in [0.29, 0.717) is 12.8 Å². The molecule has 0 aliphatic heterocycles. The number of hydrogen-bond donors (Lipinski definition) is 2. The van der Waals surface area contributed by atoms with Gasteiger partial charge < -0.3 is 10.2 Å². The molecule has 0 aliphatic carbocycles. The van der Waals surface area contributed by atoms with Gasteiger partial charge in [-0.3, -0.25) is 9.59 Å². The van der Waals surface area contributed by atoms with Gasteiger partial charge in [-0.2, -0.15) is 0 Å². The fourth-order valence-corrected chi connectivity index (χ4v) is 2.86. The third-order valence-corrected chi connectivity index (χ3v) is 4.46. The van der Waals surface area contributed by atoms with Crippen LogP contribution in [-0.2, 0) is 35.8 Å². The van der Waals surface area contributed by atoms with Gasteiger partial charge in [-0.05, 0) is 12.8 Å². The van der Waals surface area contributed by atoms with Crippen LogP contribution in [0, 0.1) is 0 Å². The molecular formula is C22H44O4Zr. The van der Waals surface area contributed by atoms with E-state index in [-0.39, 0.29) is 26.2 Å². The van der Waals surface area contributed by atoms with E-state index in [4.69, 9.17) is 10.2 Å². The number of unbranched alkanes of at least 4 members (excludes halogenated alkanes) is 14. The average molecular weight is 464 g/mol. The Morgan fingerprint density at radius 3 is 1.00 bits per heavy atom. The van der Waals surface area contributed by atoms with E-state index in [1.54, 1.807) is 0 Å². The Kier molecular flexibility index (Phi) is 32.7. The standard InChI is InChI=1S/C18H36O2.C4H8O2.Zr/c1-2-3-4-5-6-7-8-9-10-11-12-13-14-15-16-17-18(19)20;1-2-3-4(5)6;/h2-17H2,1H3,(H,19,20);2-3H2,1H3,(H,5,6);. The summed E-state index contributed by atoms with van der Waals surface area (Å²) < 4.78 is 0. The number of carbonyl (C=O) groups is 2. The van der Waals surface area contributed by atoms with Crippen LogP contribution in [0.3, 0.4) is 0 Å². The maximum absolute atomic E-state index is 10.3. The predicted molar refractivity (Wildman–Crippen MR) is 110 cm³/mol. The molecule has 0 saturated carbocycles. The van der Waals surface area contributed by atoms with Crippen molar-refractivity contribution in [1.82, 2.24) is 0 Å². The van der Waals surface area contributed by atoms with Crippen molar-refractivity contribution < 1.29 is 46.0 Å². The molecule has 0 amide bonds. The third kappa shape index (κ3) is 37.3. The number of aliphatic carboxylic acids is 2. The van der Waals surface area contributed by atoms with Crippen LogP contribution in [-0.4, -0.2) is 22.2 Å². The van der Waals surface area contributed by atoms with Gasteiger partial charge in [0.2, 0.25) is 0 Å². The van der Waals surface area contributed by atoms with Crippen LogP contribution < -0.4 is 0 Å². The largest absolute Gasteiger partial charge is 0.481 e. The summed E-state index contributed by atoms with van der Waals surface area (Å²) >= 11 is 0. The van der Waals surface area contributed by atoms with E-state index < -0.39 is 11.9 Å². The first-order chi connectivity index (χ1) is 12.5. The van der Waals surface area contributed by atoms with Crippen molar-refractivity contribution in [2.24, 2.45) is 0 Å². The van der Waals surface area contributed by atoms with E-state index in [0.717, 1.165) is 19.3 Å². The molecule has 160 valence electrons. The fraction of sp³-hybridized carbons (Fsp3) is 0.909. The van der Waals surface area contributed by atoms with Crippen molar-refractivity contribution >= 4 is 11.9 Å². The molecule has 0 heterocycles. The summed E-state index contributed by atoms with van der Waals surface area (Å²) in [6.07, 6.45) is 21.2. The van der Waals surface area contributed by atoms with Gasteiger partial charge in [-0.15, -0.1) is 0 Å². The Morgan fingerprint density at radius 2 is 0.778 bits per heavy atom. The molecule has 0 unspecified atom stereocenters. The number of hydrogen-bond acceptors (Lipinski definition) is 2. The zero-order valence-corrected chi connectivity index (χ0v) is 20.4. The van der Waals surface area contributed by atoms with Gasteiger partial charge in [0.1, 0.15) is 0 Å². The topological polar surface area (TPSA) is 74.6 Å². The van der Waals surface area contributed by atoms with E-state index in [1.807, 2.05) is 6.92 Å². The molecule has 0 bridgehead atoms. The summed E-state index contributed by atoms with van der Waals surface area (Å²) in [5.74, 6) is -1.36. The minimum absolute atomic E-state index is 0. The van der Waals surface area contributed by atoms with Crippen LogP contribution in [0.5, 0.6) is 0 Å². The predicted octanol–water partition coefficient (Wildman–Crippen LogP) is 7.20. The molecule has 0 atom stereocenters. The normalized spacial score (nSPS) is 9.85. The first-order valence-electron chi connectivity index (χ1n) is 11.0. The molecule has 2 N–H and O–H groups in total. The fourth-order valence-electron chi connectivity index (χ4n) is 2.86. The van der Waals surface area contributed by atoms with Crippen molar-refractivity contribution in [2.75, 3.05) is 0 Å². The minimum atomic E-state index is -0.711. The second-order valence-electron chi connectivity index (χ2n) is 7.24.